The van der Waals surface area contributed by atoms with Crippen LogP contribution < -0.4 is 9.47 Å². The second kappa shape index (κ2) is 4.91. The van der Waals surface area contributed by atoms with E-state index in [0.29, 0.717) is 6.08 Å². The molecule has 1 atom stereocenters. The summed E-state index contributed by atoms with van der Waals surface area (Å²) in [5.74, 6) is 1.04. The second-order valence-electron chi connectivity index (χ2n) is 4.02. The van der Waals surface area contributed by atoms with Crippen LogP contribution in [0.15, 0.2) is 18.2 Å². The molecule has 0 spiro atoms. The zero-order valence-electron chi connectivity index (χ0n) is 10.0. The molecule has 0 saturated heterocycles. The SMILES string of the molecule is C#Cc1cc(OC(F)(F)F)cc2c1OC(C(F)(F)F)C=C2. The molecule has 1 aliphatic heterocycles. The predicted octanol–water partition coefficient (Wildman–Crippen LogP) is 3.90. The summed E-state index contributed by atoms with van der Waals surface area (Å²) >= 11 is 0. The van der Waals surface area contributed by atoms with E-state index in [-0.39, 0.29) is 16.9 Å². The number of rotatable bonds is 1. The topological polar surface area (TPSA) is 18.5 Å². The van der Waals surface area contributed by atoms with Gasteiger partial charge in [-0.25, -0.2) is 0 Å². The van der Waals surface area contributed by atoms with Gasteiger partial charge in [-0.3, -0.25) is 0 Å². The normalized spacial score (nSPS) is 17.7. The van der Waals surface area contributed by atoms with Gasteiger partial charge in [0.1, 0.15) is 11.5 Å². The van der Waals surface area contributed by atoms with Crippen molar-refractivity contribution in [1.29, 1.82) is 0 Å². The number of hydrogen-bond donors (Lipinski definition) is 0. The smallest absolute Gasteiger partial charge is 0.475 e. The molecule has 1 unspecified atom stereocenters. The largest absolute Gasteiger partial charge is 0.573 e. The van der Waals surface area contributed by atoms with Crippen molar-refractivity contribution < 1.29 is 35.8 Å². The number of terminal acetylenes is 1. The van der Waals surface area contributed by atoms with Crippen molar-refractivity contribution in [1.82, 2.24) is 0 Å². The molecule has 1 aromatic rings. The van der Waals surface area contributed by atoms with Crippen LogP contribution in [0.1, 0.15) is 11.1 Å². The Hall–Kier alpha value is -2.30. The van der Waals surface area contributed by atoms with Crippen LogP contribution in [-0.2, 0) is 0 Å². The zero-order chi connectivity index (χ0) is 15.8. The van der Waals surface area contributed by atoms with Crippen LogP contribution in [0.5, 0.6) is 11.5 Å². The summed E-state index contributed by atoms with van der Waals surface area (Å²) in [5.41, 5.74) is -0.282. The Bertz CT molecular complexity index is 621. The standard InChI is InChI=1S/C13H6F6O2/c1-2-7-5-9(21-13(17,18)19)6-8-3-4-10(12(14,15)16)20-11(7)8/h1,3-6,10H. The summed E-state index contributed by atoms with van der Waals surface area (Å²) in [6.07, 6.45) is -5.03. The van der Waals surface area contributed by atoms with E-state index in [9.17, 15) is 26.3 Å². The maximum atomic E-state index is 12.6. The maximum absolute atomic E-state index is 12.6. The predicted molar refractivity (Wildman–Crippen MR) is 60.6 cm³/mol. The van der Waals surface area contributed by atoms with Gasteiger partial charge in [0, 0.05) is 5.56 Å². The molecule has 1 aromatic carbocycles. The minimum Gasteiger partial charge on any atom is -0.475 e. The fourth-order valence-electron chi connectivity index (χ4n) is 1.71. The molecule has 1 heterocycles. The molecule has 8 heteroatoms. The Morgan fingerprint density at radius 3 is 2.33 bits per heavy atom. The van der Waals surface area contributed by atoms with Crippen molar-refractivity contribution >= 4 is 6.08 Å². The third-order valence-corrected chi connectivity index (χ3v) is 2.50. The maximum Gasteiger partial charge on any atom is 0.573 e. The number of hydrogen-bond acceptors (Lipinski definition) is 2. The fraction of sp³-hybridized carbons (Fsp3) is 0.231. The quantitative estimate of drug-likeness (QED) is 0.578. The Morgan fingerprint density at radius 2 is 1.81 bits per heavy atom. The minimum absolute atomic E-state index is 0.0230. The van der Waals surface area contributed by atoms with Gasteiger partial charge in [0.25, 0.3) is 0 Å². The molecule has 1 aliphatic rings. The number of fused-ring (bicyclic) bond motifs is 1. The third kappa shape index (κ3) is 3.42. The summed E-state index contributed by atoms with van der Waals surface area (Å²) in [4.78, 5) is 0. The lowest BCUT2D eigenvalue weighted by atomic mass is 10.0. The molecule has 0 aliphatic carbocycles. The van der Waals surface area contributed by atoms with E-state index in [4.69, 9.17) is 11.2 Å². The van der Waals surface area contributed by atoms with Gasteiger partial charge in [-0.15, -0.1) is 19.6 Å². The van der Waals surface area contributed by atoms with Gasteiger partial charge in [-0.05, 0) is 18.2 Å². The number of ether oxygens (including phenoxy) is 2. The lowest BCUT2D eigenvalue weighted by Gasteiger charge is -2.25. The van der Waals surface area contributed by atoms with Crippen LogP contribution in [0.3, 0.4) is 0 Å². The zero-order valence-corrected chi connectivity index (χ0v) is 10.0. The van der Waals surface area contributed by atoms with Crippen LogP contribution in [0.2, 0.25) is 0 Å². The first-order valence-electron chi connectivity index (χ1n) is 5.42. The molecule has 0 amide bonds. The van der Waals surface area contributed by atoms with Gasteiger partial charge >= 0.3 is 12.5 Å². The first-order valence-corrected chi connectivity index (χ1v) is 5.42. The molecule has 0 bridgehead atoms. The van der Waals surface area contributed by atoms with E-state index in [1.54, 1.807) is 0 Å². The van der Waals surface area contributed by atoms with E-state index in [1.807, 2.05) is 5.92 Å². The number of halogens is 6. The first kappa shape index (κ1) is 15.1. The molecule has 0 fully saturated rings. The van der Waals surface area contributed by atoms with E-state index in [2.05, 4.69) is 4.74 Å². The molecular weight excluding hydrogens is 302 g/mol. The van der Waals surface area contributed by atoms with Crippen molar-refractivity contribution in [3.63, 3.8) is 0 Å². The highest BCUT2D eigenvalue weighted by Gasteiger charge is 2.42. The number of benzene rings is 1. The molecule has 0 aromatic heterocycles. The Kier molecular flexibility index (Phi) is 3.53. The summed E-state index contributed by atoms with van der Waals surface area (Å²) in [6.45, 7) is 0. The summed E-state index contributed by atoms with van der Waals surface area (Å²) in [7, 11) is 0. The van der Waals surface area contributed by atoms with E-state index < -0.39 is 24.4 Å². The van der Waals surface area contributed by atoms with E-state index in [1.165, 1.54) is 0 Å². The van der Waals surface area contributed by atoms with Crippen LogP contribution in [0, 0.1) is 12.3 Å². The summed E-state index contributed by atoms with van der Waals surface area (Å²) in [5, 5.41) is 0. The van der Waals surface area contributed by atoms with Crippen LogP contribution in [0.25, 0.3) is 6.08 Å². The Balaban J connectivity index is 2.42. The van der Waals surface area contributed by atoms with Crippen LogP contribution in [0.4, 0.5) is 26.3 Å². The van der Waals surface area contributed by atoms with Gasteiger partial charge in [0.15, 0.2) is 0 Å². The van der Waals surface area contributed by atoms with Gasteiger partial charge in [-0.2, -0.15) is 13.2 Å². The highest BCUT2D eigenvalue weighted by molar-refractivity contribution is 5.67. The number of alkyl halides is 6. The summed E-state index contributed by atoms with van der Waals surface area (Å²) < 4.78 is 82.6. The first-order chi connectivity index (χ1) is 9.60. The van der Waals surface area contributed by atoms with Crippen LogP contribution in [-0.4, -0.2) is 18.6 Å². The lowest BCUT2D eigenvalue weighted by molar-refractivity contribution is -0.274. The fourth-order valence-corrected chi connectivity index (χ4v) is 1.71. The average molecular weight is 308 g/mol. The van der Waals surface area contributed by atoms with Crippen molar-refractivity contribution in [2.24, 2.45) is 0 Å². The molecule has 0 N–H and O–H groups in total. The molecule has 21 heavy (non-hydrogen) atoms. The molecule has 0 saturated carbocycles. The van der Waals surface area contributed by atoms with Gasteiger partial charge < -0.3 is 9.47 Å². The highest BCUT2D eigenvalue weighted by atomic mass is 19.4. The average Bonchev–Trinajstić information content (AvgIpc) is 2.34. The van der Waals surface area contributed by atoms with Crippen molar-refractivity contribution in [3.05, 3.63) is 29.3 Å². The molecule has 2 nitrogen and oxygen atoms in total. The summed E-state index contributed by atoms with van der Waals surface area (Å²) in [6, 6.07) is 1.69. The monoisotopic (exact) mass is 308 g/mol. The molecule has 0 radical (unpaired) electrons. The van der Waals surface area contributed by atoms with E-state index >= 15 is 0 Å². The van der Waals surface area contributed by atoms with Crippen molar-refractivity contribution in [3.8, 4) is 23.8 Å². The van der Waals surface area contributed by atoms with Crippen molar-refractivity contribution in [2.75, 3.05) is 0 Å². The minimum atomic E-state index is -4.94. The van der Waals surface area contributed by atoms with Crippen molar-refractivity contribution in [2.45, 2.75) is 18.6 Å². The highest BCUT2D eigenvalue weighted by Crippen LogP contribution is 2.38. The van der Waals surface area contributed by atoms with Gasteiger partial charge in [0.2, 0.25) is 6.10 Å². The second-order valence-corrected chi connectivity index (χ2v) is 4.02. The molecular formula is C13H6F6O2. The third-order valence-electron chi connectivity index (χ3n) is 2.50. The Morgan fingerprint density at radius 1 is 1.14 bits per heavy atom. The van der Waals surface area contributed by atoms with Gasteiger partial charge in [0.05, 0.1) is 5.56 Å². The lowest BCUT2D eigenvalue weighted by Crippen LogP contribution is -2.34. The molecule has 112 valence electrons. The van der Waals surface area contributed by atoms with Gasteiger partial charge in [-0.1, -0.05) is 12.0 Å². The molecule has 2 rings (SSSR count). The van der Waals surface area contributed by atoms with E-state index in [0.717, 1.165) is 18.2 Å². The van der Waals surface area contributed by atoms with Crippen LogP contribution >= 0.6 is 0 Å². The Labute approximate surface area is 115 Å².